The van der Waals surface area contributed by atoms with Gasteiger partial charge in [-0.1, -0.05) is 18.2 Å². The van der Waals surface area contributed by atoms with Crippen molar-refractivity contribution < 1.29 is 28.2 Å². The molecule has 2 amide bonds. The normalized spacial score (nSPS) is 12.4. The first kappa shape index (κ1) is 25.0. The van der Waals surface area contributed by atoms with Gasteiger partial charge in [-0.25, -0.2) is 0 Å². The van der Waals surface area contributed by atoms with E-state index < -0.39 is 0 Å². The number of hydrogen-bond acceptors (Lipinski definition) is 6. The first-order valence-electron chi connectivity index (χ1n) is 12.2. The largest absolute Gasteiger partial charge is 0.497 e. The molecule has 1 aliphatic rings. The fraction of sp³-hybridized carbons (Fsp3) is 0.200. The molecular weight excluding hydrogens is 484 g/mol. The Labute approximate surface area is 220 Å². The predicted molar refractivity (Wildman–Crippen MR) is 143 cm³/mol. The summed E-state index contributed by atoms with van der Waals surface area (Å²) in [5, 5.41) is 2.94. The average molecular weight is 513 g/mol. The highest BCUT2D eigenvalue weighted by Gasteiger charge is 2.26. The standard InChI is InChI=1S/C30H28N2O6/c1-35-22-8-6-7-20(15-22)29(33)31-24-10-5-4-9-23(24)25-11-12-26(38-25)30(34)32-14-13-19-16-27(36-2)28(37-3)17-21(19)18-32/h4-12,15-17H,13-14,18H2,1-3H3,(H,31,33). The Balaban J connectivity index is 1.34. The van der Waals surface area contributed by atoms with Crippen LogP contribution in [0.15, 0.2) is 77.2 Å². The number of fused-ring (bicyclic) bond motifs is 1. The molecule has 0 bridgehead atoms. The third-order valence-electron chi connectivity index (χ3n) is 6.59. The number of amides is 2. The van der Waals surface area contributed by atoms with E-state index in [-0.39, 0.29) is 17.6 Å². The van der Waals surface area contributed by atoms with Crippen LogP contribution in [0.1, 0.15) is 32.0 Å². The van der Waals surface area contributed by atoms with E-state index in [1.54, 1.807) is 68.7 Å². The van der Waals surface area contributed by atoms with E-state index in [1.807, 2.05) is 30.3 Å². The third kappa shape index (κ3) is 4.93. The van der Waals surface area contributed by atoms with E-state index in [2.05, 4.69) is 5.32 Å². The number of hydrogen-bond donors (Lipinski definition) is 1. The van der Waals surface area contributed by atoms with Gasteiger partial charge < -0.3 is 28.8 Å². The fourth-order valence-corrected chi connectivity index (χ4v) is 4.58. The number of furan rings is 1. The smallest absolute Gasteiger partial charge is 0.289 e. The molecule has 0 unspecified atom stereocenters. The lowest BCUT2D eigenvalue weighted by molar-refractivity contribution is 0.0703. The summed E-state index contributed by atoms with van der Waals surface area (Å²) in [7, 11) is 4.76. The maximum atomic E-state index is 13.3. The van der Waals surface area contributed by atoms with Crippen molar-refractivity contribution in [3.05, 3.63) is 95.2 Å². The van der Waals surface area contributed by atoms with Crippen molar-refractivity contribution in [1.82, 2.24) is 4.90 Å². The van der Waals surface area contributed by atoms with Crippen molar-refractivity contribution >= 4 is 17.5 Å². The van der Waals surface area contributed by atoms with Crippen LogP contribution in [0, 0.1) is 0 Å². The number of carbonyl (C=O) groups is 2. The molecule has 0 aliphatic carbocycles. The molecular formula is C30H28N2O6. The summed E-state index contributed by atoms with van der Waals surface area (Å²) in [6, 6.07) is 21.5. The number of nitrogens with one attached hydrogen (secondary N) is 1. The molecule has 38 heavy (non-hydrogen) atoms. The number of anilines is 1. The zero-order valence-electron chi connectivity index (χ0n) is 21.4. The van der Waals surface area contributed by atoms with Gasteiger partial charge >= 0.3 is 0 Å². The van der Waals surface area contributed by atoms with Crippen molar-refractivity contribution in [3.63, 3.8) is 0 Å². The van der Waals surface area contributed by atoms with Crippen LogP contribution >= 0.6 is 0 Å². The molecule has 0 saturated carbocycles. The topological polar surface area (TPSA) is 90.2 Å². The van der Waals surface area contributed by atoms with E-state index in [4.69, 9.17) is 18.6 Å². The number of methoxy groups -OCH3 is 3. The van der Waals surface area contributed by atoms with Crippen LogP contribution in [-0.2, 0) is 13.0 Å². The minimum atomic E-state index is -0.279. The van der Waals surface area contributed by atoms with E-state index in [9.17, 15) is 9.59 Å². The quantitative estimate of drug-likeness (QED) is 0.356. The summed E-state index contributed by atoms with van der Waals surface area (Å²) in [5.41, 5.74) is 3.85. The van der Waals surface area contributed by atoms with E-state index in [0.717, 1.165) is 11.1 Å². The van der Waals surface area contributed by atoms with Gasteiger partial charge in [-0.15, -0.1) is 0 Å². The Kier molecular flexibility index (Phi) is 7.04. The molecule has 194 valence electrons. The second-order valence-electron chi connectivity index (χ2n) is 8.85. The number of ether oxygens (including phenoxy) is 3. The van der Waals surface area contributed by atoms with Crippen LogP contribution in [0.3, 0.4) is 0 Å². The van der Waals surface area contributed by atoms with Crippen LogP contribution < -0.4 is 19.5 Å². The first-order valence-corrected chi connectivity index (χ1v) is 12.2. The van der Waals surface area contributed by atoms with Gasteiger partial charge in [0, 0.05) is 24.2 Å². The van der Waals surface area contributed by atoms with Gasteiger partial charge in [0.2, 0.25) is 0 Å². The van der Waals surface area contributed by atoms with E-state index >= 15 is 0 Å². The van der Waals surface area contributed by atoms with Crippen molar-refractivity contribution in [2.45, 2.75) is 13.0 Å². The molecule has 4 aromatic rings. The average Bonchev–Trinajstić information content (AvgIpc) is 3.46. The van der Waals surface area contributed by atoms with E-state index in [1.165, 1.54) is 0 Å². The molecule has 1 aromatic heterocycles. The Hall–Kier alpha value is -4.72. The predicted octanol–water partition coefficient (Wildman–Crippen LogP) is 5.42. The van der Waals surface area contributed by atoms with Gasteiger partial charge in [-0.2, -0.15) is 0 Å². The lowest BCUT2D eigenvalue weighted by Crippen LogP contribution is -2.35. The number of para-hydroxylation sites is 1. The molecule has 0 spiro atoms. The van der Waals surface area contributed by atoms with Gasteiger partial charge in [-0.05, 0) is 72.1 Å². The SMILES string of the molecule is COc1cccc(C(=O)Nc2ccccc2-c2ccc(C(=O)N3CCc4cc(OC)c(OC)cc4C3)o2)c1. The molecule has 2 heterocycles. The molecule has 3 aromatic carbocycles. The van der Waals surface area contributed by atoms with Crippen LogP contribution in [0.2, 0.25) is 0 Å². The van der Waals surface area contributed by atoms with Crippen molar-refractivity contribution in [1.29, 1.82) is 0 Å². The maximum absolute atomic E-state index is 13.3. The molecule has 0 fully saturated rings. The molecule has 0 saturated heterocycles. The lowest BCUT2D eigenvalue weighted by atomic mass is 9.98. The lowest BCUT2D eigenvalue weighted by Gasteiger charge is -2.29. The van der Waals surface area contributed by atoms with E-state index in [0.29, 0.717) is 59.3 Å². The van der Waals surface area contributed by atoms with Gasteiger partial charge in [0.25, 0.3) is 11.8 Å². The Morgan fingerprint density at radius 1 is 0.842 bits per heavy atom. The van der Waals surface area contributed by atoms with Crippen LogP contribution in [0.4, 0.5) is 5.69 Å². The zero-order chi connectivity index (χ0) is 26.6. The number of rotatable bonds is 7. The Morgan fingerprint density at radius 2 is 1.61 bits per heavy atom. The minimum Gasteiger partial charge on any atom is -0.497 e. The summed E-state index contributed by atoms with van der Waals surface area (Å²) in [4.78, 5) is 28.0. The molecule has 1 N–H and O–H groups in total. The third-order valence-corrected chi connectivity index (χ3v) is 6.59. The molecule has 5 rings (SSSR count). The Morgan fingerprint density at radius 3 is 2.37 bits per heavy atom. The molecule has 8 heteroatoms. The summed E-state index contributed by atoms with van der Waals surface area (Å²) < 4.78 is 22.1. The highest BCUT2D eigenvalue weighted by Crippen LogP contribution is 2.34. The molecule has 1 aliphatic heterocycles. The van der Waals surface area contributed by atoms with Gasteiger partial charge in [0.1, 0.15) is 11.5 Å². The van der Waals surface area contributed by atoms with Crippen LogP contribution in [0.5, 0.6) is 17.2 Å². The Bertz CT molecular complexity index is 1490. The fourth-order valence-electron chi connectivity index (χ4n) is 4.58. The molecule has 0 atom stereocenters. The highest BCUT2D eigenvalue weighted by molar-refractivity contribution is 6.06. The summed E-state index contributed by atoms with van der Waals surface area (Å²) >= 11 is 0. The first-order chi connectivity index (χ1) is 18.5. The molecule has 0 radical (unpaired) electrons. The van der Waals surface area contributed by atoms with Crippen molar-refractivity contribution in [3.8, 4) is 28.6 Å². The van der Waals surface area contributed by atoms with Crippen LogP contribution in [-0.4, -0.2) is 44.6 Å². The maximum Gasteiger partial charge on any atom is 0.289 e. The summed E-state index contributed by atoms with van der Waals surface area (Å²) in [6.45, 7) is 1.00. The van der Waals surface area contributed by atoms with Gasteiger partial charge in [0.05, 0.1) is 27.0 Å². The second-order valence-corrected chi connectivity index (χ2v) is 8.85. The monoisotopic (exact) mass is 512 g/mol. The van der Waals surface area contributed by atoms with Crippen LogP contribution in [0.25, 0.3) is 11.3 Å². The highest BCUT2D eigenvalue weighted by atomic mass is 16.5. The molecule has 8 nitrogen and oxygen atoms in total. The zero-order valence-corrected chi connectivity index (χ0v) is 21.4. The number of benzene rings is 3. The van der Waals surface area contributed by atoms with Crippen molar-refractivity contribution in [2.75, 3.05) is 33.2 Å². The van der Waals surface area contributed by atoms with Gasteiger partial charge in [0.15, 0.2) is 17.3 Å². The second kappa shape index (κ2) is 10.7. The number of carbonyl (C=O) groups excluding carboxylic acids is 2. The van der Waals surface area contributed by atoms with Gasteiger partial charge in [-0.3, -0.25) is 9.59 Å². The van der Waals surface area contributed by atoms with Crippen molar-refractivity contribution in [2.24, 2.45) is 0 Å². The minimum absolute atomic E-state index is 0.199. The summed E-state index contributed by atoms with van der Waals surface area (Å²) in [5.74, 6) is 2.15. The number of nitrogens with zero attached hydrogens (tertiary/aromatic N) is 1. The summed E-state index contributed by atoms with van der Waals surface area (Å²) in [6.07, 6.45) is 0.703.